The number of hydrogen-bond donors (Lipinski definition) is 0. The van der Waals surface area contributed by atoms with Gasteiger partial charge >= 0.3 is 5.97 Å². The lowest BCUT2D eigenvalue weighted by Crippen LogP contribution is -2.52. The summed E-state index contributed by atoms with van der Waals surface area (Å²) in [4.78, 5) is 11.5. The van der Waals surface area contributed by atoms with E-state index in [9.17, 15) is 4.79 Å². The molecule has 0 aromatic rings. The molecular weight excluding hydrogens is 412 g/mol. The highest BCUT2D eigenvalue weighted by Crippen LogP contribution is 2.70. The maximum Gasteiger partial charge on any atom is 0.302 e. The van der Waals surface area contributed by atoms with E-state index < -0.39 is 0 Å². The number of ether oxygens (including phenoxy) is 3. The summed E-state index contributed by atoms with van der Waals surface area (Å²) >= 11 is 0. The zero-order valence-corrected chi connectivity index (χ0v) is 21.4. The van der Waals surface area contributed by atoms with E-state index >= 15 is 0 Å². The number of carbonyl (C=O) groups excluding carboxylic acids is 1. The quantitative estimate of drug-likeness (QED) is 0.344. The highest BCUT2D eigenvalue weighted by Gasteiger charge is 2.68. The molecule has 6 aliphatic rings. The van der Waals surface area contributed by atoms with Crippen LogP contribution in [0.3, 0.4) is 0 Å². The summed E-state index contributed by atoms with van der Waals surface area (Å²) < 4.78 is 19.0. The van der Waals surface area contributed by atoms with Crippen LogP contribution in [0.4, 0.5) is 0 Å². The van der Waals surface area contributed by atoms with Gasteiger partial charge < -0.3 is 14.2 Å². The van der Waals surface area contributed by atoms with Crippen LogP contribution in [0, 0.1) is 46.3 Å². The van der Waals surface area contributed by atoms with Crippen LogP contribution in [0.2, 0.25) is 0 Å². The van der Waals surface area contributed by atoms with Gasteiger partial charge in [-0.15, -0.1) is 0 Å². The fraction of sp³-hybridized carbons (Fsp3) is 0.897. The number of allylic oxidation sites excluding steroid dienone is 1. The number of fused-ring (bicyclic) bond motifs is 7. The van der Waals surface area contributed by atoms with E-state index in [1.807, 2.05) is 0 Å². The topological polar surface area (TPSA) is 44.8 Å². The Labute approximate surface area is 200 Å². The van der Waals surface area contributed by atoms with Crippen LogP contribution in [0.5, 0.6) is 0 Å². The zero-order valence-electron chi connectivity index (χ0n) is 21.4. The van der Waals surface area contributed by atoms with Crippen molar-refractivity contribution in [3.05, 3.63) is 11.6 Å². The van der Waals surface area contributed by atoms with Crippen molar-refractivity contribution in [2.75, 3.05) is 6.61 Å². The first-order valence-corrected chi connectivity index (χ1v) is 13.8. The molecule has 0 aromatic carbocycles. The van der Waals surface area contributed by atoms with E-state index in [0.717, 1.165) is 50.0 Å². The van der Waals surface area contributed by atoms with Gasteiger partial charge in [-0.3, -0.25) is 4.79 Å². The summed E-state index contributed by atoms with van der Waals surface area (Å²) in [6.45, 7) is 12.3. The van der Waals surface area contributed by atoms with E-state index in [-0.39, 0.29) is 23.3 Å². The molecule has 4 aliphatic carbocycles. The normalized spacial score (nSPS) is 55.2. The lowest BCUT2D eigenvalue weighted by atomic mass is 9.47. The van der Waals surface area contributed by atoms with E-state index in [1.54, 1.807) is 12.5 Å². The van der Waals surface area contributed by atoms with Crippen LogP contribution in [0.25, 0.3) is 0 Å². The number of rotatable bonds is 1. The standard InChI is InChI=1S/C29H44O4/c1-17-8-13-29(31-16-17)18(2)26-25(33-29)15-24-22-7-6-20-14-21(32-19(3)30)9-11-27(20,4)23(22)10-12-28(24,26)5/h6,17-18,21-26H,7-16H2,1-5H3/t17-,18+,21+,22-,23-,24-,25+,26+,27+,28+,29-/m1/s1. The average Bonchev–Trinajstić information content (AvgIpc) is 3.21. The van der Waals surface area contributed by atoms with Crippen molar-refractivity contribution in [2.24, 2.45) is 46.3 Å². The molecule has 0 radical (unpaired) electrons. The van der Waals surface area contributed by atoms with Gasteiger partial charge in [-0.05, 0) is 85.4 Å². The van der Waals surface area contributed by atoms with Gasteiger partial charge in [-0.1, -0.05) is 39.3 Å². The SMILES string of the molecule is CC(=O)O[C@H]1CC[C@@]2(C)C(=CC[C@H]3[C@H]4C[C@@H]5O[C@]6(CC[C@@H](C)CO6)[C@@H](C)[C@@H]5[C@@]4(C)CC[C@H]32)C1. The van der Waals surface area contributed by atoms with Crippen molar-refractivity contribution < 1.29 is 19.0 Å². The Morgan fingerprint density at radius 2 is 1.91 bits per heavy atom. The Morgan fingerprint density at radius 1 is 1.09 bits per heavy atom. The van der Waals surface area contributed by atoms with Gasteiger partial charge in [0, 0.05) is 25.7 Å². The molecule has 0 N–H and O–H groups in total. The summed E-state index contributed by atoms with van der Waals surface area (Å²) in [7, 11) is 0. The predicted molar refractivity (Wildman–Crippen MR) is 127 cm³/mol. The summed E-state index contributed by atoms with van der Waals surface area (Å²) in [5, 5.41) is 0. The summed E-state index contributed by atoms with van der Waals surface area (Å²) in [6.07, 6.45) is 13.6. The van der Waals surface area contributed by atoms with E-state index in [0.29, 0.717) is 29.3 Å². The van der Waals surface area contributed by atoms with Crippen molar-refractivity contribution in [3.8, 4) is 0 Å². The second-order valence-electron chi connectivity index (χ2n) is 13.3. The minimum absolute atomic E-state index is 0.0849. The van der Waals surface area contributed by atoms with Crippen LogP contribution < -0.4 is 0 Å². The van der Waals surface area contributed by atoms with Crippen LogP contribution in [-0.2, 0) is 19.0 Å². The summed E-state index contributed by atoms with van der Waals surface area (Å²) in [5.41, 5.74) is 2.24. The first-order chi connectivity index (χ1) is 15.7. The predicted octanol–water partition coefficient (Wildman–Crippen LogP) is 6.28. The smallest absolute Gasteiger partial charge is 0.302 e. The molecule has 0 bridgehead atoms. The molecule has 184 valence electrons. The molecule has 4 nitrogen and oxygen atoms in total. The first-order valence-electron chi connectivity index (χ1n) is 13.8. The fourth-order valence-electron chi connectivity index (χ4n) is 9.98. The van der Waals surface area contributed by atoms with Crippen molar-refractivity contribution in [2.45, 2.75) is 110 Å². The molecule has 0 amide bonds. The third-order valence-electron chi connectivity index (χ3n) is 11.7. The van der Waals surface area contributed by atoms with Crippen LogP contribution in [0.1, 0.15) is 92.4 Å². The third-order valence-corrected chi connectivity index (χ3v) is 11.7. The molecule has 2 saturated heterocycles. The van der Waals surface area contributed by atoms with Crippen LogP contribution in [0.15, 0.2) is 11.6 Å². The molecule has 4 heteroatoms. The minimum atomic E-state index is -0.312. The molecule has 2 aliphatic heterocycles. The van der Waals surface area contributed by atoms with Gasteiger partial charge in [0.2, 0.25) is 0 Å². The molecule has 1 spiro atoms. The Bertz CT molecular complexity index is 841. The average molecular weight is 457 g/mol. The van der Waals surface area contributed by atoms with Crippen molar-refractivity contribution in [1.29, 1.82) is 0 Å². The Balaban J connectivity index is 1.24. The molecule has 0 unspecified atom stereocenters. The molecule has 2 heterocycles. The van der Waals surface area contributed by atoms with Crippen LogP contribution in [-0.4, -0.2) is 30.6 Å². The highest BCUT2D eigenvalue weighted by molar-refractivity contribution is 5.66. The number of carbonyl (C=O) groups is 1. The molecular formula is C29H44O4. The summed E-state index contributed by atoms with van der Waals surface area (Å²) in [5.74, 6) is 3.64. The third kappa shape index (κ3) is 3.18. The Morgan fingerprint density at radius 3 is 2.64 bits per heavy atom. The Hall–Kier alpha value is -0.870. The van der Waals surface area contributed by atoms with Crippen LogP contribution >= 0.6 is 0 Å². The maximum atomic E-state index is 11.5. The van der Waals surface area contributed by atoms with Crippen molar-refractivity contribution >= 4 is 5.97 Å². The lowest BCUT2D eigenvalue weighted by molar-refractivity contribution is -0.272. The second kappa shape index (κ2) is 7.56. The van der Waals surface area contributed by atoms with Gasteiger partial charge in [-0.2, -0.15) is 0 Å². The molecule has 0 aromatic heterocycles. The van der Waals surface area contributed by atoms with Gasteiger partial charge in [0.15, 0.2) is 5.79 Å². The molecule has 3 saturated carbocycles. The van der Waals surface area contributed by atoms with Gasteiger partial charge in [-0.25, -0.2) is 0 Å². The molecule has 11 atom stereocenters. The Kier molecular flexibility index (Phi) is 5.18. The second-order valence-corrected chi connectivity index (χ2v) is 13.3. The number of hydrogen-bond acceptors (Lipinski definition) is 4. The number of esters is 1. The van der Waals surface area contributed by atoms with Crippen molar-refractivity contribution in [3.63, 3.8) is 0 Å². The summed E-state index contributed by atoms with van der Waals surface area (Å²) in [6, 6.07) is 0. The monoisotopic (exact) mass is 456 g/mol. The van der Waals surface area contributed by atoms with E-state index in [4.69, 9.17) is 14.2 Å². The molecule has 5 fully saturated rings. The van der Waals surface area contributed by atoms with Gasteiger partial charge in [0.25, 0.3) is 0 Å². The first kappa shape index (κ1) is 22.6. The van der Waals surface area contributed by atoms with Gasteiger partial charge in [0.05, 0.1) is 12.7 Å². The zero-order chi connectivity index (χ0) is 23.2. The lowest BCUT2D eigenvalue weighted by Gasteiger charge is -2.58. The van der Waals surface area contributed by atoms with Crippen molar-refractivity contribution in [1.82, 2.24) is 0 Å². The van der Waals surface area contributed by atoms with Gasteiger partial charge in [0.1, 0.15) is 6.10 Å². The minimum Gasteiger partial charge on any atom is -0.462 e. The molecule has 33 heavy (non-hydrogen) atoms. The molecule has 6 rings (SSSR count). The maximum absolute atomic E-state index is 11.5. The highest BCUT2D eigenvalue weighted by atomic mass is 16.7. The largest absolute Gasteiger partial charge is 0.462 e. The van der Waals surface area contributed by atoms with E-state index in [2.05, 4.69) is 33.8 Å². The fourth-order valence-corrected chi connectivity index (χ4v) is 9.98. The van der Waals surface area contributed by atoms with E-state index in [1.165, 1.54) is 32.1 Å².